The number of fused-ring (bicyclic) bond motifs is 2. The molecule has 0 saturated heterocycles. The maximum atomic E-state index is 11.1. The van der Waals surface area contributed by atoms with Gasteiger partial charge in [-0.1, -0.05) is 12.5 Å². The summed E-state index contributed by atoms with van der Waals surface area (Å²) in [6.45, 7) is 2.59. The van der Waals surface area contributed by atoms with E-state index in [2.05, 4.69) is 0 Å². The van der Waals surface area contributed by atoms with Gasteiger partial charge in [0.2, 0.25) is 0 Å². The van der Waals surface area contributed by atoms with Crippen molar-refractivity contribution in [3.63, 3.8) is 0 Å². The Morgan fingerprint density at radius 2 is 2.41 bits per heavy atom. The molecule has 4 unspecified atom stereocenters. The van der Waals surface area contributed by atoms with Crippen molar-refractivity contribution in [3.8, 4) is 0 Å². The van der Waals surface area contributed by atoms with Crippen LogP contribution in [0.5, 0.6) is 0 Å². The Morgan fingerprint density at radius 3 is 2.88 bits per heavy atom. The zero-order valence-corrected chi connectivity index (χ0v) is 11.2. The van der Waals surface area contributed by atoms with E-state index in [4.69, 9.17) is 5.73 Å². The molecule has 0 amide bonds. The molecule has 0 radical (unpaired) electrons. The SMILES string of the molecule is CC(O)(c1cccs1)C1(CN)CC2CCC1C2. The van der Waals surface area contributed by atoms with Gasteiger partial charge in [0.1, 0.15) is 5.60 Å². The summed E-state index contributed by atoms with van der Waals surface area (Å²) in [5.41, 5.74) is 5.26. The fourth-order valence-corrected chi connectivity index (χ4v) is 5.18. The smallest absolute Gasteiger partial charge is 0.103 e. The van der Waals surface area contributed by atoms with Crippen molar-refractivity contribution in [2.24, 2.45) is 23.0 Å². The summed E-state index contributed by atoms with van der Waals surface area (Å²) < 4.78 is 0. The van der Waals surface area contributed by atoms with Crippen molar-refractivity contribution in [1.82, 2.24) is 0 Å². The Balaban J connectivity index is 2.01. The van der Waals surface area contributed by atoms with Crippen LogP contribution < -0.4 is 5.73 Å². The molecule has 2 saturated carbocycles. The number of hydrogen-bond acceptors (Lipinski definition) is 3. The summed E-state index contributed by atoms with van der Waals surface area (Å²) in [6, 6.07) is 4.07. The topological polar surface area (TPSA) is 46.2 Å². The van der Waals surface area contributed by atoms with E-state index in [1.165, 1.54) is 19.3 Å². The van der Waals surface area contributed by atoms with Crippen LogP contribution >= 0.6 is 11.3 Å². The first-order chi connectivity index (χ1) is 8.10. The lowest BCUT2D eigenvalue weighted by atomic mass is 9.62. The third-order valence-electron chi connectivity index (χ3n) is 5.31. The minimum atomic E-state index is -0.754. The Hall–Kier alpha value is -0.380. The van der Waals surface area contributed by atoms with E-state index >= 15 is 0 Å². The zero-order valence-electron chi connectivity index (χ0n) is 10.4. The fraction of sp³-hybridized carbons (Fsp3) is 0.714. The minimum absolute atomic E-state index is 0.0826. The largest absolute Gasteiger partial charge is 0.384 e. The van der Waals surface area contributed by atoms with Crippen molar-refractivity contribution in [2.75, 3.05) is 6.54 Å². The average molecular weight is 251 g/mol. The maximum absolute atomic E-state index is 11.1. The van der Waals surface area contributed by atoms with Gasteiger partial charge < -0.3 is 10.8 Å². The quantitative estimate of drug-likeness (QED) is 0.867. The normalized spacial score (nSPS) is 39.5. The molecule has 0 aromatic carbocycles. The van der Waals surface area contributed by atoms with E-state index in [0.29, 0.717) is 12.5 Å². The second kappa shape index (κ2) is 3.81. The van der Waals surface area contributed by atoms with Gasteiger partial charge in [0, 0.05) is 16.8 Å². The van der Waals surface area contributed by atoms with E-state index in [9.17, 15) is 5.11 Å². The monoisotopic (exact) mass is 251 g/mol. The summed E-state index contributed by atoms with van der Waals surface area (Å²) in [5, 5.41) is 13.1. The van der Waals surface area contributed by atoms with E-state index in [0.717, 1.165) is 17.2 Å². The molecule has 0 aliphatic heterocycles. The molecule has 94 valence electrons. The van der Waals surface area contributed by atoms with Crippen LogP contribution in [0.4, 0.5) is 0 Å². The lowest BCUT2D eigenvalue weighted by Crippen LogP contribution is -2.51. The Morgan fingerprint density at radius 1 is 1.59 bits per heavy atom. The Bertz CT molecular complexity index is 400. The van der Waals surface area contributed by atoms with Crippen molar-refractivity contribution in [2.45, 2.75) is 38.2 Å². The molecule has 3 N–H and O–H groups in total. The molecule has 17 heavy (non-hydrogen) atoms. The molecule has 2 aliphatic rings. The number of hydrogen-bond donors (Lipinski definition) is 2. The molecule has 0 spiro atoms. The third-order valence-corrected chi connectivity index (χ3v) is 6.39. The molecule has 3 rings (SSSR count). The number of rotatable bonds is 3. The molecule has 2 nitrogen and oxygen atoms in total. The van der Waals surface area contributed by atoms with Gasteiger partial charge in [-0.2, -0.15) is 0 Å². The zero-order chi connectivity index (χ0) is 12.1. The van der Waals surface area contributed by atoms with Gasteiger partial charge in [0.25, 0.3) is 0 Å². The third kappa shape index (κ3) is 1.46. The first-order valence-electron chi connectivity index (χ1n) is 6.56. The highest BCUT2D eigenvalue weighted by molar-refractivity contribution is 7.10. The first-order valence-corrected chi connectivity index (χ1v) is 7.44. The highest BCUT2D eigenvalue weighted by atomic mass is 32.1. The summed E-state index contributed by atoms with van der Waals surface area (Å²) in [4.78, 5) is 1.08. The molecule has 4 atom stereocenters. The Kier molecular flexibility index (Phi) is 2.62. The average Bonchev–Trinajstić information content (AvgIpc) is 3.04. The van der Waals surface area contributed by atoms with Crippen LogP contribution in [-0.4, -0.2) is 11.7 Å². The molecule has 2 bridgehead atoms. The van der Waals surface area contributed by atoms with Crippen LogP contribution in [0.3, 0.4) is 0 Å². The first kappa shape index (κ1) is 11.7. The summed E-state index contributed by atoms with van der Waals surface area (Å²) in [7, 11) is 0. The van der Waals surface area contributed by atoms with Gasteiger partial charge >= 0.3 is 0 Å². The standard InChI is InChI=1S/C14H21NOS/c1-13(16,12-3-2-6-17-12)14(9-15)8-10-4-5-11(14)7-10/h2-3,6,10-11,16H,4-5,7-9,15H2,1H3. The highest BCUT2D eigenvalue weighted by Crippen LogP contribution is 2.62. The van der Waals surface area contributed by atoms with E-state index < -0.39 is 5.60 Å². The molecular weight excluding hydrogens is 230 g/mol. The molecule has 1 heterocycles. The van der Waals surface area contributed by atoms with Crippen molar-refractivity contribution >= 4 is 11.3 Å². The van der Waals surface area contributed by atoms with Crippen LogP contribution in [-0.2, 0) is 5.60 Å². The van der Waals surface area contributed by atoms with E-state index in [1.54, 1.807) is 11.3 Å². The van der Waals surface area contributed by atoms with Crippen LogP contribution in [0, 0.1) is 17.3 Å². The predicted octanol–water partition coefficient (Wildman–Crippen LogP) is 2.72. The maximum Gasteiger partial charge on any atom is 0.103 e. The minimum Gasteiger partial charge on any atom is -0.384 e. The van der Waals surface area contributed by atoms with Crippen molar-refractivity contribution < 1.29 is 5.11 Å². The van der Waals surface area contributed by atoms with Crippen molar-refractivity contribution in [1.29, 1.82) is 0 Å². The predicted molar refractivity (Wildman–Crippen MR) is 70.8 cm³/mol. The number of aliphatic hydroxyl groups is 1. The number of thiophene rings is 1. The van der Waals surface area contributed by atoms with Gasteiger partial charge in [-0.05, 0) is 49.5 Å². The van der Waals surface area contributed by atoms with Gasteiger partial charge in [-0.25, -0.2) is 0 Å². The lowest BCUT2D eigenvalue weighted by molar-refractivity contribution is -0.100. The van der Waals surface area contributed by atoms with Crippen LogP contribution in [0.1, 0.15) is 37.5 Å². The number of nitrogens with two attached hydrogens (primary N) is 1. The Labute approximate surface area is 107 Å². The second-order valence-electron chi connectivity index (χ2n) is 5.99. The summed E-state index contributed by atoms with van der Waals surface area (Å²) in [5.74, 6) is 1.42. The van der Waals surface area contributed by atoms with Crippen LogP contribution in [0.2, 0.25) is 0 Å². The summed E-state index contributed by atoms with van der Waals surface area (Å²) >= 11 is 1.65. The second-order valence-corrected chi connectivity index (χ2v) is 6.94. The molecule has 1 aromatic heterocycles. The van der Waals surface area contributed by atoms with E-state index in [-0.39, 0.29) is 5.41 Å². The fourth-order valence-electron chi connectivity index (χ4n) is 4.29. The van der Waals surface area contributed by atoms with Gasteiger partial charge in [-0.3, -0.25) is 0 Å². The molecule has 1 aromatic rings. The molecule has 2 fully saturated rings. The molecular formula is C14H21NOS. The van der Waals surface area contributed by atoms with Gasteiger partial charge in [0.05, 0.1) is 0 Å². The van der Waals surface area contributed by atoms with Gasteiger partial charge in [0.15, 0.2) is 0 Å². The van der Waals surface area contributed by atoms with E-state index in [1.807, 2.05) is 24.4 Å². The van der Waals surface area contributed by atoms with Crippen LogP contribution in [0.25, 0.3) is 0 Å². The van der Waals surface area contributed by atoms with Gasteiger partial charge in [-0.15, -0.1) is 11.3 Å². The van der Waals surface area contributed by atoms with Crippen molar-refractivity contribution in [3.05, 3.63) is 22.4 Å². The van der Waals surface area contributed by atoms with Crippen LogP contribution in [0.15, 0.2) is 17.5 Å². The molecule has 2 aliphatic carbocycles. The summed E-state index contributed by atoms with van der Waals surface area (Å²) in [6.07, 6.45) is 4.98. The molecule has 3 heteroatoms. The highest BCUT2D eigenvalue weighted by Gasteiger charge is 2.59. The lowest BCUT2D eigenvalue weighted by Gasteiger charge is -2.47.